The number of rotatable bonds is 8. The molecule has 0 fully saturated rings. The minimum Gasteiger partial charge on any atom is -0.310 e. The van der Waals surface area contributed by atoms with Gasteiger partial charge in [-0.3, -0.25) is 0 Å². The second kappa shape index (κ2) is 15.6. The summed E-state index contributed by atoms with van der Waals surface area (Å²) in [6.45, 7) is 0. The third kappa shape index (κ3) is 6.63. The van der Waals surface area contributed by atoms with Crippen LogP contribution in [0, 0.1) is 0 Å². The van der Waals surface area contributed by atoms with Gasteiger partial charge in [0.15, 0.2) is 0 Å². The van der Waals surface area contributed by atoms with Gasteiger partial charge in [-0.1, -0.05) is 218 Å². The zero-order valence-corrected chi connectivity index (χ0v) is 33.6. The molecule has 11 rings (SSSR count). The predicted octanol–water partition coefficient (Wildman–Crippen LogP) is 16.9. The van der Waals surface area contributed by atoms with E-state index in [0.29, 0.717) is 0 Å². The monoisotopic (exact) mass is 775 g/mol. The summed E-state index contributed by atoms with van der Waals surface area (Å²) in [7, 11) is 0. The number of fused-ring (bicyclic) bond motifs is 4. The Labute approximate surface area is 356 Å². The van der Waals surface area contributed by atoms with Crippen LogP contribution < -0.4 is 4.90 Å². The van der Waals surface area contributed by atoms with Gasteiger partial charge < -0.3 is 4.90 Å². The van der Waals surface area contributed by atoms with Gasteiger partial charge in [-0.05, 0) is 113 Å². The zero-order valence-electron chi connectivity index (χ0n) is 33.6. The van der Waals surface area contributed by atoms with Gasteiger partial charge >= 0.3 is 0 Å². The van der Waals surface area contributed by atoms with Crippen LogP contribution in [0.25, 0.3) is 88.6 Å². The highest BCUT2D eigenvalue weighted by Gasteiger charge is 2.19. The molecule has 11 aromatic rings. The zero-order chi connectivity index (χ0) is 40.5. The fourth-order valence-corrected chi connectivity index (χ4v) is 9.22. The Morgan fingerprint density at radius 1 is 0.279 bits per heavy atom. The average Bonchev–Trinajstić information content (AvgIpc) is 3.34. The van der Waals surface area contributed by atoms with Crippen molar-refractivity contribution in [3.05, 3.63) is 248 Å². The number of para-hydroxylation sites is 1. The van der Waals surface area contributed by atoms with Gasteiger partial charge in [-0.25, -0.2) is 0 Å². The maximum absolute atomic E-state index is 2.37. The molecule has 286 valence electrons. The number of hydrogen-bond donors (Lipinski definition) is 0. The van der Waals surface area contributed by atoms with E-state index in [4.69, 9.17) is 0 Å². The lowest BCUT2D eigenvalue weighted by molar-refractivity contribution is 1.30. The van der Waals surface area contributed by atoms with E-state index in [1.165, 1.54) is 87.6 Å². The van der Waals surface area contributed by atoms with Crippen molar-refractivity contribution in [2.45, 2.75) is 0 Å². The first-order valence-corrected chi connectivity index (χ1v) is 21.0. The first-order valence-electron chi connectivity index (χ1n) is 21.0. The predicted molar refractivity (Wildman–Crippen MR) is 263 cm³/mol. The minimum absolute atomic E-state index is 1.11. The molecule has 0 aliphatic heterocycles. The van der Waals surface area contributed by atoms with Gasteiger partial charge in [-0.15, -0.1) is 0 Å². The summed E-state index contributed by atoms with van der Waals surface area (Å²) in [4.78, 5) is 2.37. The van der Waals surface area contributed by atoms with Crippen molar-refractivity contribution in [3.8, 4) is 33.4 Å². The maximum atomic E-state index is 2.37. The van der Waals surface area contributed by atoms with Crippen LogP contribution in [-0.4, -0.2) is 0 Å². The molecule has 0 atom stereocenters. The summed E-state index contributed by atoms with van der Waals surface area (Å²) in [5.74, 6) is 0. The average molecular weight is 776 g/mol. The van der Waals surface area contributed by atoms with Gasteiger partial charge in [0.25, 0.3) is 0 Å². The first-order chi connectivity index (χ1) is 30.3. The summed E-state index contributed by atoms with van der Waals surface area (Å²) in [5, 5.41) is 9.94. The minimum atomic E-state index is 1.11. The smallest absolute Gasteiger partial charge is 0.0540 e. The van der Waals surface area contributed by atoms with E-state index in [1.54, 1.807) is 0 Å². The molecule has 11 aromatic carbocycles. The molecule has 0 N–H and O–H groups in total. The molecule has 0 heterocycles. The van der Waals surface area contributed by atoms with Crippen molar-refractivity contribution in [2.24, 2.45) is 0 Å². The second-order valence-electron chi connectivity index (χ2n) is 15.6. The fraction of sp³-hybridized carbons (Fsp3) is 0. The van der Waals surface area contributed by atoms with E-state index in [0.717, 1.165) is 17.1 Å². The molecule has 0 bridgehead atoms. The molecule has 0 saturated heterocycles. The van der Waals surface area contributed by atoms with Crippen LogP contribution in [0.2, 0.25) is 0 Å². The van der Waals surface area contributed by atoms with Crippen molar-refractivity contribution in [1.82, 2.24) is 0 Å². The first kappa shape index (κ1) is 36.1. The van der Waals surface area contributed by atoms with E-state index in [1.807, 2.05) is 0 Å². The molecular formula is C60H41N. The van der Waals surface area contributed by atoms with Crippen LogP contribution in [0.4, 0.5) is 17.1 Å². The third-order valence-corrected chi connectivity index (χ3v) is 12.1. The van der Waals surface area contributed by atoms with Gasteiger partial charge in [0, 0.05) is 16.8 Å². The second-order valence-corrected chi connectivity index (χ2v) is 15.6. The lowest BCUT2D eigenvalue weighted by Gasteiger charge is -2.27. The normalized spacial score (nSPS) is 11.5. The standard InChI is InChI=1S/C60H41N/c1-3-16-43(17-4-1)51-41-38-45(50-22-9-10-24-53(50)51)33-30-42-31-34-46(35-32-42)59-54-25-11-13-27-56(54)60(57-28-14-12-26-55(57)59)47-36-39-49(40-37-47)61(48-20-5-2-6-21-48)58-29-15-19-44-18-7-8-23-52(44)58/h1-41H/b33-30+. The number of nitrogens with zero attached hydrogens (tertiary/aromatic N) is 1. The molecule has 0 radical (unpaired) electrons. The molecule has 1 heteroatoms. The van der Waals surface area contributed by atoms with Gasteiger partial charge in [0.2, 0.25) is 0 Å². The van der Waals surface area contributed by atoms with Gasteiger partial charge in [0.1, 0.15) is 0 Å². The molecule has 0 aliphatic carbocycles. The lowest BCUT2D eigenvalue weighted by Crippen LogP contribution is -2.10. The summed E-state index contributed by atoms with van der Waals surface area (Å²) in [6, 6.07) is 85.7. The highest BCUT2D eigenvalue weighted by Crippen LogP contribution is 2.45. The van der Waals surface area contributed by atoms with Crippen LogP contribution in [0.15, 0.2) is 237 Å². The van der Waals surface area contributed by atoms with Crippen LogP contribution >= 0.6 is 0 Å². The Balaban J connectivity index is 0.968. The van der Waals surface area contributed by atoms with Crippen molar-refractivity contribution < 1.29 is 0 Å². The van der Waals surface area contributed by atoms with E-state index in [9.17, 15) is 0 Å². The van der Waals surface area contributed by atoms with Gasteiger partial charge in [0.05, 0.1) is 5.69 Å². The van der Waals surface area contributed by atoms with Crippen LogP contribution in [0.3, 0.4) is 0 Å². The molecule has 61 heavy (non-hydrogen) atoms. The van der Waals surface area contributed by atoms with Crippen molar-refractivity contribution >= 4 is 72.3 Å². The molecule has 0 unspecified atom stereocenters. The Hall–Kier alpha value is -8.00. The molecule has 0 aliphatic rings. The number of anilines is 3. The highest BCUT2D eigenvalue weighted by molar-refractivity contribution is 6.21. The van der Waals surface area contributed by atoms with E-state index >= 15 is 0 Å². The molecule has 1 nitrogen and oxygen atoms in total. The Morgan fingerprint density at radius 3 is 1.38 bits per heavy atom. The highest BCUT2D eigenvalue weighted by atomic mass is 15.1. The number of hydrogen-bond acceptors (Lipinski definition) is 1. The van der Waals surface area contributed by atoms with E-state index in [2.05, 4.69) is 254 Å². The van der Waals surface area contributed by atoms with Crippen LogP contribution in [0.1, 0.15) is 11.1 Å². The SMILES string of the molecule is C(=C\c1ccc(-c2ccccc2)c2ccccc12)/c1ccc(-c2c3ccccc3c(-c3ccc(N(c4ccccc4)c4cccc5ccccc45)cc3)c3ccccc23)cc1. The Kier molecular flexibility index (Phi) is 9.26. The summed E-state index contributed by atoms with van der Waals surface area (Å²) >= 11 is 0. The largest absolute Gasteiger partial charge is 0.310 e. The molecule has 0 saturated carbocycles. The number of benzene rings is 11. The Morgan fingerprint density at radius 2 is 0.754 bits per heavy atom. The molecule has 0 spiro atoms. The van der Waals surface area contributed by atoms with Crippen LogP contribution in [-0.2, 0) is 0 Å². The van der Waals surface area contributed by atoms with Gasteiger partial charge in [-0.2, -0.15) is 0 Å². The molecule has 0 aromatic heterocycles. The Bertz CT molecular complexity index is 3320. The fourth-order valence-electron chi connectivity index (χ4n) is 9.22. The van der Waals surface area contributed by atoms with Crippen molar-refractivity contribution in [3.63, 3.8) is 0 Å². The maximum Gasteiger partial charge on any atom is 0.0540 e. The third-order valence-electron chi connectivity index (χ3n) is 12.1. The summed E-state index contributed by atoms with van der Waals surface area (Å²) < 4.78 is 0. The summed E-state index contributed by atoms with van der Waals surface area (Å²) in [6.07, 6.45) is 4.48. The molecule has 0 amide bonds. The van der Waals surface area contributed by atoms with E-state index < -0.39 is 0 Å². The quantitative estimate of drug-likeness (QED) is 0.110. The molecular weight excluding hydrogens is 735 g/mol. The topological polar surface area (TPSA) is 3.24 Å². The van der Waals surface area contributed by atoms with Crippen molar-refractivity contribution in [1.29, 1.82) is 0 Å². The van der Waals surface area contributed by atoms with Crippen molar-refractivity contribution in [2.75, 3.05) is 4.90 Å². The lowest BCUT2D eigenvalue weighted by atomic mass is 9.86. The van der Waals surface area contributed by atoms with Crippen LogP contribution in [0.5, 0.6) is 0 Å². The summed E-state index contributed by atoms with van der Waals surface area (Å²) in [5.41, 5.74) is 13.2. The van der Waals surface area contributed by atoms with E-state index in [-0.39, 0.29) is 0 Å².